The van der Waals surface area contributed by atoms with Crippen molar-refractivity contribution in [1.29, 1.82) is 0 Å². The molecule has 3 aromatic rings. The molecule has 31 heavy (non-hydrogen) atoms. The van der Waals surface area contributed by atoms with Crippen LogP contribution in [0.15, 0.2) is 85.7 Å². The predicted molar refractivity (Wildman–Crippen MR) is 125 cm³/mol. The van der Waals surface area contributed by atoms with Crippen LogP contribution in [0.4, 0.5) is 0 Å². The largest absolute Gasteiger partial charge is 0.271 e. The summed E-state index contributed by atoms with van der Waals surface area (Å²) in [6.07, 6.45) is 4.77. The number of hydrogen-bond donors (Lipinski definition) is 0. The van der Waals surface area contributed by atoms with Gasteiger partial charge in [0.2, 0.25) is 10.0 Å². The lowest BCUT2D eigenvalue weighted by atomic mass is 10.0. The van der Waals surface area contributed by atoms with E-state index in [9.17, 15) is 13.2 Å². The van der Waals surface area contributed by atoms with Crippen LogP contribution in [0.2, 0.25) is 0 Å². The van der Waals surface area contributed by atoms with Crippen LogP contribution in [0, 0.1) is 0 Å². The summed E-state index contributed by atoms with van der Waals surface area (Å²) < 4.78 is 25.9. The standard InChI is InChI=1S/C25H26N2O3S/c1-3-5-9-18-31(29,30)27(4-2)25(28)23-16-17-26-24(19-23)22-14-12-21(13-15-22)20-10-7-6-8-11-20/h4,6-8,10-17,19H,2-3,5,9,18H2,1H3. The van der Waals surface area contributed by atoms with E-state index in [-0.39, 0.29) is 11.3 Å². The van der Waals surface area contributed by atoms with Gasteiger partial charge in [-0.05, 0) is 29.7 Å². The second-order valence-corrected chi connectivity index (χ2v) is 9.15. The minimum Gasteiger partial charge on any atom is -0.268 e. The van der Waals surface area contributed by atoms with Gasteiger partial charge in [-0.15, -0.1) is 0 Å². The minimum atomic E-state index is -3.76. The van der Waals surface area contributed by atoms with Crippen LogP contribution in [-0.4, -0.2) is 29.4 Å². The Morgan fingerprint density at radius 1 is 0.968 bits per heavy atom. The van der Waals surface area contributed by atoms with Crippen molar-refractivity contribution in [2.75, 3.05) is 5.75 Å². The molecule has 0 aliphatic rings. The van der Waals surface area contributed by atoms with Gasteiger partial charge in [-0.1, -0.05) is 80.9 Å². The summed E-state index contributed by atoms with van der Waals surface area (Å²) in [6.45, 7) is 5.53. The Balaban J connectivity index is 1.83. The normalized spacial score (nSPS) is 11.1. The Morgan fingerprint density at radius 2 is 1.61 bits per heavy atom. The van der Waals surface area contributed by atoms with Gasteiger partial charge in [-0.3, -0.25) is 9.78 Å². The maximum Gasteiger partial charge on any atom is 0.271 e. The smallest absolute Gasteiger partial charge is 0.268 e. The predicted octanol–water partition coefficient (Wildman–Crippen LogP) is 5.52. The molecule has 160 valence electrons. The SMILES string of the molecule is C=CN(C(=O)c1ccnc(-c2ccc(-c3ccccc3)cc2)c1)S(=O)(=O)CCCCC. The van der Waals surface area contributed by atoms with E-state index in [0.717, 1.165) is 40.0 Å². The second kappa shape index (κ2) is 10.2. The lowest BCUT2D eigenvalue weighted by Crippen LogP contribution is -2.34. The maximum atomic E-state index is 12.9. The highest BCUT2D eigenvalue weighted by Crippen LogP contribution is 2.24. The molecule has 1 amide bonds. The average Bonchev–Trinajstić information content (AvgIpc) is 2.80. The van der Waals surface area contributed by atoms with Crippen LogP contribution in [0.3, 0.4) is 0 Å². The number of pyridine rings is 1. The summed E-state index contributed by atoms with van der Waals surface area (Å²) in [4.78, 5) is 17.3. The number of aromatic nitrogens is 1. The minimum absolute atomic E-state index is 0.0858. The van der Waals surface area contributed by atoms with Gasteiger partial charge in [0.25, 0.3) is 5.91 Å². The molecule has 1 heterocycles. The molecule has 0 atom stereocenters. The molecule has 0 radical (unpaired) electrons. The third kappa shape index (κ3) is 5.47. The van der Waals surface area contributed by atoms with Crippen molar-refractivity contribution >= 4 is 15.9 Å². The fourth-order valence-electron chi connectivity index (χ4n) is 3.27. The first kappa shape index (κ1) is 22.4. The lowest BCUT2D eigenvalue weighted by molar-refractivity contribution is 0.0898. The first-order chi connectivity index (χ1) is 15.0. The van der Waals surface area contributed by atoms with Crippen LogP contribution in [0.25, 0.3) is 22.4 Å². The molecule has 0 saturated heterocycles. The fraction of sp³-hybridized carbons (Fsp3) is 0.200. The summed E-state index contributed by atoms with van der Waals surface area (Å²) in [5, 5.41) is 0. The molecule has 6 heteroatoms. The summed E-state index contributed by atoms with van der Waals surface area (Å²) in [5.74, 6) is -0.714. The van der Waals surface area contributed by atoms with Gasteiger partial charge in [-0.25, -0.2) is 12.7 Å². The van der Waals surface area contributed by atoms with E-state index < -0.39 is 15.9 Å². The van der Waals surface area contributed by atoms with Crippen molar-refractivity contribution in [2.45, 2.75) is 26.2 Å². The molecule has 0 aliphatic carbocycles. The van der Waals surface area contributed by atoms with Gasteiger partial charge in [0, 0.05) is 23.5 Å². The van der Waals surface area contributed by atoms with Crippen molar-refractivity contribution in [1.82, 2.24) is 9.29 Å². The number of carbonyl (C=O) groups excluding carboxylic acids is 1. The Labute approximate surface area is 184 Å². The van der Waals surface area contributed by atoms with E-state index in [0.29, 0.717) is 12.1 Å². The van der Waals surface area contributed by atoms with Crippen molar-refractivity contribution < 1.29 is 13.2 Å². The molecule has 3 rings (SSSR count). The van der Waals surface area contributed by atoms with E-state index >= 15 is 0 Å². The number of hydrogen-bond acceptors (Lipinski definition) is 4. The van der Waals surface area contributed by atoms with Gasteiger partial charge in [0.1, 0.15) is 0 Å². The van der Waals surface area contributed by atoms with E-state index in [1.807, 2.05) is 61.5 Å². The lowest BCUT2D eigenvalue weighted by Gasteiger charge is -2.18. The summed E-state index contributed by atoms with van der Waals surface area (Å²) in [7, 11) is -3.76. The Morgan fingerprint density at radius 3 is 2.26 bits per heavy atom. The Bertz CT molecular complexity index is 1140. The number of sulfonamides is 1. The van der Waals surface area contributed by atoms with E-state index in [1.165, 1.54) is 12.3 Å². The summed E-state index contributed by atoms with van der Waals surface area (Å²) in [6, 6.07) is 21.0. The highest BCUT2D eigenvalue weighted by Gasteiger charge is 2.26. The molecular formula is C25H26N2O3S. The topological polar surface area (TPSA) is 67.3 Å². The molecular weight excluding hydrogens is 408 g/mol. The van der Waals surface area contributed by atoms with Crippen molar-refractivity contribution in [2.24, 2.45) is 0 Å². The molecule has 5 nitrogen and oxygen atoms in total. The fourth-order valence-corrected chi connectivity index (χ4v) is 4.62. The first-order valence-electron chi connectivity index (χ1n) is 10.3. The second-order valence-electron chi connectivity index (χ2n) is 7.18. The zero-order valence-corrected chi connectivity index (χ0v) is 18.4. The summed E-state index contributed by atoms with van der Waals surface area (Å²) in [5.41, 5.74) is 3.87. The van der Waals surface area contributed by atoms with Crippen LogP contribution >= 0.6 is 0 Å². The van der Waals surface area contributed by atoms with Gasteiger partial charge in [0.05, 0.1) is 11.4 Å². The quantitative estimate of drug-likeness (QED) is 0.416. The highest BCUT2D eigenvalue weighted by molar-refractivity contribution is 7.89. The molecule has 0 N–H and O–H groups in total. The number of carbonyl (C=O) groups is 1. The molecule has 0 bridgehead atoms. The number of benzene rings is 2. The van der Waals surface area contributed by atoms with Crippen molar-refractivity contribution in [3.8, 4) is 22.4 Å². The van der Waals surface area contributed by atoms with Crippen LogP contribution in [-0.2, 0) is 10.0 Å². The molecule has 0 fully saturated rings. The maximum absolute atomic E-state index is 12.9. The Kier molecular flexibility index (Phi) is 7.36. The molecule has 0 saturated carbocycles. The molecule has 2 aromatic carbocycles. The average molecular weight is 435 g/mol. The van der Waals surface area contributed by atoms with Crippen LogP contribution in [0.5, 0.6) is 0 Å². The van der Waals surface area contributed by atoms with E-state index in [4.69, 9.17) is 0 Å². The van der Waals surface area contributed by atoms with Crippen LogP contribution < -0.4 is 0 Å². The Hall–Kier alpha value is -3.25. The number of rotatable bonds is 9. The number of nitrogens with zero attached hydrogens (tertiary/aromatic N) is 2. The molecule has 0 aliphatic heterocycles. The first-order valence-corrected chi connectivity index (χ1v) is 11.9. The van der Waals surface area contributed by atoms with Crippen LogP contribution in [0.1, 0.15) is 36.5 Å². The van der Waals surface area contributed by atoms with Crippen molar-refractivity contribution in [3.05, 3.63) is 91.3 Å². The van der Waals surface area contributed by atoms with E-state index in [1.54, 1.807) is 6.07 Å². The van der Waals surface area contributed by atoms with Gasteiger partial charge >= 0.3 is 0 Å². The van der Waals surface area contributed by atoms with Gasteiger partial charge in [0.15, 0.2) is 0 Å². The zero-order chi connectivity index (χ0) is 22.3. The molecule has 0 unspecified atom stereocenters. The third-order valence-corrected chi connectivity index (χ3v) is 6.69. The number of amides is 1. The van der Waals surface area contributed by atoms with E-state index in [2.05, 4.69) is 11.6 Å². The van der Waals surface area contributed by atoms with Gasteiger partial charge < -0.3 is 0 Å². The molecule has 0 spiro atoms. The molecule has 1 aromatic heterocycles. The highest BCUT2D eigenvalue weighted by atomic mass is 32.2. The number of unbranched alkanes of at least 4 members (excludes halogenated alkanes) is 2. The van der Waals surface area contributed by atoms with Gasteiger partial charge in [-0.2, -0.15) is 0 Å². The zero-order valence-electron chi connectivity index (χ0n) is 17.6. The van der Waals surface area contributed by atoms with Crippen molar-refractivity contribution in [3.63, 3.8) is 0 Å². The monoisotopic (exact) mass is 434 g/mol. The summed E-state index contributed by atoms with van der Waals surface area (Å²) >= 11 is 0. The third-order valence-electron chi connectivity index (χ3n) is 4.97.